The highest BCUT2D eigenvalue weighted by molar-refractivity contribution is 6.03. The van der Waals surface area contributed by atoms with Crippen molar-refractivity contribution in [3.05, 3.63) is 131 Å². The summed E-state index contributed by atoms with van der Waals surface area (Å²) in [5, 5.41) is 0. The van der Waals surface area contributed by atoms with Crippen molar-refractivity contribution in [1.82, 2.24) is 4.90 Å². The summed E-state index contributed by atoms with van der Waals surface area (Å²) in [6.07, 6.45) is 5.31. The van der Waals surface area contributed by atoms with Crippen LogP contribution >= 0.6 is 0 Å². The van der Waals surface area contributed by atoms with Gasteiger partial charge in [0.1, 0.15) is 5.76 Å². The number of hydrogen-bond acceptors (Lipinski definition) is 3. The molecule has 0 bridgehead atoms. The molecule has 0 saturated heterocycles. The fraction of sp³-hybridized carbons (Fsp3) is 0.161. The number of carbonyl (C=O) groups is 2. The molecule has 1 heterocycles. The minimum absolute atomic E-state index is 0.00219. The minimum atomic E-state index is -0.109. The van der Waals surface area contributed by atoms with Gasteiger partial charge in [-0.3, -0.25) is 9.59 Å². The molecule has 36 heavy (non-hydrogen) atoms. The summed E-state index contributed by atoms with van der Waals surface area (Å²) in [4.78, 5) is 29.3. The Morgan fingerprint density at radius 2 is 1.61 bits per heavy atom. The Bertz CT molecular complexity index is 1310. The molecule has 3 aromatic carbocycles. The van der Waals surface area contributed by atoms with E-state index >= 15 is 0 Å². The lowest BCUT2D eigenvalue weighted by Gasteiger charge is -2.22. The number of likely N-dealkylation sites (N-methyl/N-ethyl adjacent to an activating group) is 1. The number of hydrogen-bond donors (Lipinski definition) is 0. The van der Waals surface area contributed by atoms with Crippen LogP contribution in [0.2, 0.25) is 0 Å². The van der Waals surface area contributed by atoms with E-state index in [9.17, 15) is 9.59 Å². The monoisotopic (exact) mass is 478 g/mol. The second-order valence-electron chi connectivity index (χ2n) is 8.83. The standard InChI is InChI=1S/C31H30N2O3/c1-24-8-6-11-27(20-24)22-33(30(34)18-15-25-9-4-3-5-10-25)28-16-13-26(14-17-28)21-31(35)32(2)23-29-12-7-19-36-29/h3-20H,21-23H2,1-2H3/b18-15+. The maximum absolute atomic E-state index is 13.3. The van der Waals surface area contributed by atoms with Gasteiger partial charge in [0.15, 0.2) is 0 Å². The summed E-state index contributed by atoms with van der Waals surface area (Å²) in [5.41, 5.74) is 4.83. The highest BCUT2D eigenvalue weighted by Crippen LogP contribution is 2.21. The molecule has 182 valence electrons. The quantitative estimate of drug-likeness (QED) is 0.276. The number of rotatable bonds is 9. The summed E-state index contributed by atoms with van der Waals surface area (Å²) in [5.74, 6) is 0.634. The first-order valence-corrected chi connectivity index (χ1v) is 11.9. The molecule has 0 aliphatic rings. The van der Waals surface area contributed by atoms with Crippen LogP contribution in [0.4, 0.5) is 5.69 Å². The van der Waals surface area contributed by atoms with Gasteiger partial charge in [-0.1, -0.05) is 72.3 Å². The number of benzene rings is 3. The fourth-order valence-electron chi connectivity index (χ4n) is 3.94. The number of furan rings is 1. The first-order chi connectivity index (χ1) is 17.5. The topological polar surface area (TPSA) is 53.8 Å². The Morgan fingerprint density at radius 1 is 0.833 bits per heavy atom. The van der Waals surface area contributed by atoms with Gasteiger partial charge < -0.3 is 14.2 Å². The van der Waals surface area contributed by atoms with Crippen molar-refractivity contribution in [1.29, 1.82) is 0 Å². The Balaban J connectivity index is 1.49. The number of amides is 2. The van der Waals surface area contributed by atoms with Crippen LogP contribution in [0.5, 0.6) is 0 Å². The molecule has 0 aliphatic carbocycles. The molecule has 5 heteroatoms. The minimum Gasteiger partial charge on any atom is -0.467 e. The molecule has 2 amide bonds. The highest BCUT2D eigenvalue weighted by atomic mass is 16.3. The number of nitrogens with zero attached hydrogens (tertiary/aromatic N) is 2. The van der Waals surface area contributed by atoms with Crippen molar-refractivity contribution < 1.29 is 14.0 Å². The SMILES string of the molecule is Cc1cccc(CN(C(=O)/C=C/c2ccccc2)c2ccc(CC(=O)N(C)Cc3ccco3)cc2)c1. The van der Waals surface area contributed by atoms with Crippen LogP contribution in [0.15, 0.2) is 108 Å². The number of aryl methyl sites for hydroxylation is 1. The predicted molar refractivity (Wildman–Crippen MR) is 143 cm³/mol. The van der Waals surface area contributed by atoms with E-state index in [4.69, 9.17) is 4.42 Å². The molecular weight excluding hydrogens is 448 g/mol. The second kappa shape index (κ2) is 11.8. The molecule has 0 radical (unpaired) electrons. The Kier molecular flexibility index (Phi) is 8.14. The van der Waals surface area contributed by atoms with Gasteiger partial charge in [0.05, 0.1) is 25.8 Å². The molecule has 0 N–H and O–H groups in total. The van der Waals surface area contributed by atoms with Crippen LogP contribution in [-0.2, 0) is 29.1 Å². The molecule has 0 unspecified atom stereocenters. The third kappa shape index (κ3) is 6.83. The van der Waals surface area contributed by atoms with Gasteiger partial charge in [-0.05, 0) is 54.0 Å². The van der Waals surface area contributed by atoms with Gasteiger partial charge in [0.25, 0.3) is 5.91 Å². The third-order valence-corrected chi connectivity index (χ3v) is 5.91. The van der Waals surface area contributed by atoms with Gasteiger partial charge in [0, 0.05) is 18.8 Å². The molecule has 5 nitrogen and oxygen atoms in total. The Hall–Kier alpha value is -4.38. The van der Waals surface area contributed by atoms with E-state index < -0.39 is 0 Å². The van der Waals surface area contributed by atoms with Gasteiger partial charge in [0.2, 0.25) is 5.91 Å². The van der Waals surface area contributed by atoms with Crippen molar-refractivity contribution in [2.24, 2.45) is 0 Å². The van der Waals surface area contributed by atoms with Crippen molar-refractivity contribution in [3.8, 4) is 0 Å². The molecule has 0 spiro atoms. The average molecular weight is 479 g/mol. The van der Waals surface area contributed by atoms with Crippen LogP contribution in [0.1, 0.15) is 28.0 Å². The van der Waals surface area contributed by atoms with Crippen LogP contribution in [0, 0.1) is 6.92 Å². The van der Waals surface area contributed by atoms with E-state index in [1.54, 1.807) is 29.2 Å². The molecular formula is C31H30N2O3. The number of carbonyl (C=O) groups excluding carboxylic acids is 2. The third-order valence-electron chi connectivity index (χ3n) is 5.91. The molecule has 0 atom stereocenters. The molecule has 4 rings (SSSR count). The zero-order valence-corrected chi connectivity index (χ0v) is 20.6. The molecule has 0 fully saturated rings. The van der Waals surface area contributed by atoms with Crippen molar-refractivity contribution >= 4 is 23.6 Å². The molecule has 0 aliphatic heterocycles. The van der Waals surface area contributed by atoms with Crippen LogP contribution in [0.3, 0.4) is 0 Å². The van der Waals surface area contributed by atoms with Gasteiger partial charge in [-0.15, -0.1) is 0 Å². The Morgan fingerprint density at radius 3 is 2.31 bits per heavy atom. The highest BCUT2D eigenvalue weighted by Gasteiger charge is 2.16. The number of anilines is 1. The van der Waals surface area contributed by atoms with Crippen molar-refractivity contribution in [3.63, 3.8) is 0 Å². The summed E-state index contributed by atoms with van der Waals surface area (Å²) in [6, 6.07) is 29.2. The summed E-state index contributed by atoms with van der Waals surface area (Å²) < 4.78 is 5.34. The van der Waals surface area contributed by atoms with Crippen LogP contribution in [-0.4, -0.2) is 23.8 Å². The zero-order valence-electron chi connectivity index (χ0n) is 20.6. The predicted octanol–water partition coefficient (Wildman–Crippen LogP) is 6.04. The van der Waals surface area contributed by atoms with Gasteiger partial charge in [-0.25, -0.2) is 0 Å². The van der Waals surface area contributed by atoms with Gasteiger partial charge in [-0.2, -0.15) is 0 Å². The van der Waals surface area contributed by atoms with E-state index in [2.05, 4.69) is 6.07 Å². The normalized spacial score (nSPS) is 10.9. The average Bonchev–Trinajstić information content (AvgIpc) is 3.40. The fourth-order valence-corrected chi connectivity index (χ4v) is 3.94. The first kappa shape index (κ1) is 24.7. The summed E-state index contributed by atoms with van der Waals surface area (Å²) >= 11 is 0. The maximum Gasteiger partial charge on any atom is 0.251 e. The lowest BCUT2D eigenvalue weighted by molar-refractivity contribution is -0.129. The van der Waals surface area contributed by atoms with E-state index in [0.717, 1.165) is 33.7 Å². The zero-order chi connectivity index (χ0) is 25.3. The lowest BCUT2D eigenvalue weighted by Crippen LogP contribution is -2.29. The van der Waals surface area contributed by atoms with E-state index in [1.165, 1.54) is 0 Å². The first-order valence-electron chi connectivity index (χ1n) is 11.9. The summed E-state index contributed by atoms with van der Waals surface area (Å²) in [7, 11) is 1.76. The maximum atomic E-state index is 13.3. The van der Waals surface area contributed by atoms with Crippen molar-refractivity contribution in [2.45, 2.75) is 26.4 Å². The molecule has 1 aromatic heterocycles. The molecule has 4 aromatic rings. The lowest BCUT2D eigenvalue weighted by atomic mass is 10.1. The Labute approximate surface area is 212 Å². The smallest absolute Gasteiger partial charge is 0.251 e. The molecule has 0 saturated carbocycles. The van der Waals surface area contributed by atoms with Crippen LogP contribution in [0.25, 0.3) is 6.08 Å². The summed E-state index contributed by atoms with van der Waals surface area (Å²) in [6.45, 7) is 2.92. The largest absolute Gasteiger partial charge is 0.467 e. The van der Waals surface area contributed by atoms with E-state index in [1.807, 2.05) is 97.9 Å². The van der Waals surface area contributed by atoms with E-state index in [-0.39, 0.29) is 18.2 Å². The van der Waals surface area contributed by atoms with E-state index in [0.29, 0.717) is 13.1 Å². The van der Waals surface area contributed by atoms with Crippen LogP contribution < -0.4 is 4.90 Å². The van der Waals surface area contributed by atoms with Crippen molar-refractivity contribution in [2.75, 3.05) is 11.9 Å². The van der Waals surface area contributed by atoms with Gasteiger partial charge >= 0.3 is 0 Å². The second-order valence-corrected chi connectivity index (χ2v) is 8.83.